The van der Waals surface area contributed by atoms with Gasteiger partial charge in [-0.3, -0.25) is 4.68 Å². The third-order valence-corrected chi connectivity index (χ3v) is 1.73. The molecule has 0 atom stereocenters. The smallest absolute Gasteiger partial charge is 0.257 e. The molecule has 0 radical (unpaired) electrons. The topological polar surface area (TPSA) is 56.7 Å². The van der Waals surface area contributed by atoms with E-state index in [4.69, 9.17) is 4.42 Å². The Morgan fingerprint density at radius 1 is 1.47 bits per heavy atom. The molecule has 0 aliphatic rings. The summed E-state index contributed by atoms with van der Waals surface area (Å²) >= 11 is 0. The molecule has 5 nitrogen and oxygen atoms in total. The van der Waals surface area contributed by atoms with Gasteiger partial charge in [0.25, 0.3) is 12.3 Å². The van der Waals surface area contributed by atoms with E-state index in [0.29, 0.717) is 11.5 Å². The number of aromatic nitrogens is 4. The molecule has 0 bridgehead atoms. The Kier molecular flexibility index (Phi) is 2.44. The van der Waals surface area contributed by atoms with Gasteiger partial charge in [0.1, 0.15) is 6.54 Å². The SMILES string of the molecule is Cc1nnc(-c2cnn(CC(F)F)c2)o1. The quantitative estimate of drug-likeness (QED) is 0.777. The van der Waals surface area contributed by atoms with Crippen LogP contribution in [0.2, 0.25) is 0 Å². The zero-order chi connectivity index (χ0) is 10.8. The Hall–Kier alpha value is -1.79. The molecule has 0 amide bonds. The second-order valence-corrected chi connectivity index (χ2v) is 2.97. The Balaban J connectivity index is 2.20. The highest BCUT2D eigenvalue weighted by Crippen LogP contribution is 2.16. The van der Waals surface area contributed by atoms with Gasteiger partial charge in [0.2, 0.25) is 5.89 Å². The van der Waals surface area contributed by atoms with Gasteiger partial charge in [0, 0.05) is 13.1 Å². The maximum atomic E-state index is 12.0. The predicted molar refractivity (Wildman–Crippen MR) is 46.3 cm³/mol. The summed E-state index contributed by atoms with van der Waals surface area (Å²) in [5.74, 6) is 0.708. The van der Waals surface area contributed by atoms with E-state index in [-0.39, 0.29) is 5.89 Å². The molecule has 0 aliphatic carbocycles. The number of nitrogens with zero attached hydrogens (tertiary/aromatic N) is 4. The van der Waals surface area contributed by atoms with Crippen LogP contribution in [0.5, 0.6) is 0 Å². The summed E-state index contributed by atoms with van der Waals surface area (Å²) in [5, 5.41) is 11.1. The highest BCUT2D eigenvalue weighted by Gasteiger charge is 2.10. The van der Waals surface area contributed by atoms with Gasteiger partial charge in [-0.1, -0.05) is 0 Å². The monoisotopic (exact) mass is 214 g/mol. The third-order valence-electron chi connectivity index (χ3n) is 1.73. The van der Waals surface area contributed by atoms with Gasteiger partial charge in [-0.05, 0) is 0 Å². The fraction of sp³-hybridized carbons (Fsp3) is 0.375. The van der Waals surface area contributed by atoms with Gasteiger partial charge < -0.3 is 4.42 Å². The highest BCUT2D eigenvalue weighted by molar-refractivity contribution is 5.48. The van der Waals surface area contributed by atoms with Crippen LogP contribution >= 0.6 is 0 Å². The molecule has 7 heteroatoms. The zero-order valence-corrected chi connectivity index (χ0v) is 7.89. The molecule has 15 heavy (non-hydrogen) atoms. The molecule has 2 aromatic rings. The molecule has 0 saturated carbocycles. The molecule has 80 valence electrons. The average molecular weight is 214 g/mol. The van der Waals surface area contributed by atoms with Gasteiger partial charge in [-0.15, -0.1) is 10.2 Å². The Labute approximate surface area is 83.7 Å². The minimum absolute atomic E-state index is 0.285. The predicted octanol–water partition coefficient (Wildman–Crippen LogP) is 1.51. The van der Waals surface area contributed by atoms with Crippen LogP contribution in [0.4, 0.5) is 8.78 Å². The normalized spacial score (nSPS) is 11.2. The minimum atomic E-state index is -2.43. The fourth-order valence-electron chi connectivity index (χ4n) is 1.13. The molecule has 2 rings (SSSR count). The molecule has 2 heterocycles. The molecule has 0 N–H and O–H groups in total. The summed E-state index contributed by atoms with van der Waals surface area (Å²) in [6.45, 7) is 1.22. The number of hydrogen-bond acceptors (Lipinski definition) is 4. The number of hydrogen-bond donors (Lipinski definition) is 0. The first kappa shape index (κ1) is 9.75. The van der Waals surface area contributed by atoms with E-state index in [9.17, 15) is 8.78 Å². The number of alkyl halides is 2. The molecule has 0 saturated heterocycles. The van der Waals surface area contributed by atoms with Gasteiger partial charge in [0.05, 0.1) is 11.8 Å². The molecule has 0 spiro atoms. The van der Waals surface area contributed by atoms with E-state index in [1.807, 2.05) is 0 Å². The number of aryl methyl sites for hydroxylation is 1. The lowest BCUT2D eigenvalue weighted by atomic mass is 10.4. The van der Waals surface area contributed by atoms with Crippen LogP contribution < -0.4 is 0 Å². The van der Waals surface area contributed by atoms with E-state index in [0.717, 1.165) is 4.68 Å². The molecule has 0 aliphatic heterocycles. The molecule has 2 aromatic heterocycles. The van der Waals surface area contributed by atoms with Crippen molar-refractivity contribution in [1.29, 1.82) is 0 Å². The highest BCUT2D eigenvalue weighted by atomic mass is 19.3. The summed E-state index contributed by atoms with van der Waals surface area (Å²) < 4.78 is 30.3. The average Bonchev–Trinajstić information content (AvgIpc) is 2.72. The van der Waals surface area contributed by atoms with Gasteiger partial charge >= 0.3 is 0 Å². The van der Waals surface area contributed by atoms with Crippen LogP contribution in [-0.4, -0.2) is 26.4 Å². The first-order valence-corrected chi connectivity index (χ1v) is 4.26. The lowest BCUT2D eigenvalue weighted by Gasteiger charge is -1.97. The molecule has 0 unspecified atom stereocenters. The van der Waals surface area contributed by atoms with E-state index in [2.05, 4.69) is 15.3 Å². The Morgan fingerprint density at radius 2 is 2.27 bits per heavy atom. The van der Waals surface area contributed by atoms with Crippen LogP contribution in [0, 0.1) is 6.92 Å². The summed E-state index contributed by atoms with van der Waals surface area (Å²) in [5.41, 5.74) is 0.538. The van der Waals surface area contributed by atoms with Gasteiger partial charge in [-0.2, -0.15) is 5.10 Å². The van der Waals surface area contributed by atoms with Crippen LogP contribution in [-0.2, 0) is 6.54 Å². The lowest BCUT2D eigenvalue weighted by Crippen LogP contribution is -2.06. The van der Waals surface area contributed by atoms with Crippen LogP contribution in [0.1, 0.15) is 5.89 Å². The van der Waals surface area contributed by atoms with Crippen molar-refractivity contribution in [3.05, 3.63) is 18.3 Å². The standard InChI is InChI=1S/C8H8F2N4O/c1-5-12-13-8(15-5)6-2-11-14(3-6)4-7(9)10/h2-3,7H,4H2,1H3. The van der Waals surface area contributed by atoms with Crippen LogP contribution in [0.25, 0.3) is 11.5 Å². The number of rotatable bonds is 3. The van der Waals surface area contributed by atoms with Crippen molar-refractivity contribution >= 4 is 0 Å². The maximum Gasteiger partial charge on any atom is 0.257 e. The lowest BCUT2D eigenvalue weighted by molar-refractivity contribution is 0.122. The molecular formula is C8H8F2N4O. The zero-order valence-electron chi connectivity index (χ0n) is 7.89. The summed E-state index contributed by atoms with van der Waals surface area (Å²) in [6.07, 6.45) is 0.427. The molecular weight excluding hydrogens is 206 g/mol. The van der Waals surface area contributed by atoms with Crippen LogP contribution in [0.3, 0.4) is 0 Å². The summed E-state index contributed by atoms with van der Waals surface area (Å²) in [4.78, 5) is 0. The van der Waals surface area contributed by atoms with Crippen molar-refractivity contribution in [3.63, 3.8) is 0 Å². The van der Waals surface area contributed by atoms with Crippen LogP contribution in [0.15, 0.2) is 16.8 Å². The third kappa shape index (κ3) is 2.17. The largest absolute Gasteiger partial charge is 0.421 e. The fourth-order valence-corrected chi connectivity index (χ4v) is 1.13. The van der Waals surface area contributed by atoms with Crippen molar-refractivity contribution in [2.24, 2.45) is 0 Å². The van der Waals surface area contributed by atoms with Gasteiger partial charge in [0.15, 0.2) is 0 Å². The molecule has 0 aromatic carbocycles. The number of halogens is 2. The molecule has 0 fully saturated rings. The van der Waals surface area contributed by atoms with E-state index >= 15 is 0 Å². The summed E-state index contributed by atoms with van der Waals surface area (Å²) in [6, 6.07) is 0. The van der Waals surface area contributed by atoms with Crippen molar-refractivity contribution in [3.8, 4) is 11.5 Å². The first-order chi connectivity index (χ1) is 7.15. The maximum absolute atomic E-state index is 12.0. The van der Waals surface area contributed by atoms with E-state index in [1.54, 1.807) is 6.92 Å². The van der Waals surface area contributed by atoms with Crippen molar-refractivity contribution < 1.29 is 13.2 Å². The minimum Gasteiger partial charge on any atom is -0.421 e. The first-order valence-electron chi connectivity index (χ1n) is 4.26. The Bertz CT molecular complexity index is 451. The van der Waals surface area contributed by atoms with E-state index < -0.39 is 13.0 Å². The van der Waals surface area contributed by atoms with Crippen molar-refractivity contribution in [2.45, 2.75) is 19.9 Å². The second kappa shape index (κ2) is 3.76. The van der Waals surface area contributed by atoms with Crippen molar-refractivity contribution in [2.75, 3.05) is 0 Å². The second-order valence-electron chi connectivity index (χ2n) is 2.97. The van der Waals surface area contributed by atoms with Crippen molar-refractivity contribution in [1.82, 2.24) is 20.0 Å². The Morgan fingerprint density at radius 3 is 2.87 bits per heavy atom. The summed E-state index contributed by atoms with van der Waals surface area (Å²) in [7, 11) is 0. The van der Waals surface area contributed by atoms with Gasteiger partial charge in [-0.25, -0.2) is 8.78 Å². The van der Waals surface area contributed by atoms with E-state index in [1.165, 1.54) is 12.4 Å².